The summed E-state index contributed by atoms with van der Waals surface area (Å²) in [4.78, 5) is 16.8. The van der Waals surface area contributed by atoms with Gasteiger partial charge in [0.25, 0.3) is 5.91 Å². The molecule has 1 fully saturated rings. The van der Waals surface area contributed by atoms with Gasteiger partial charge in [-0.1, -0.05) is 19.4 Å². The molecule has 2 heterocycles. The molecule has 0 saturated carbocycles. The lowest BCUT2D eigenvalue weighted by Gasteiger charge is -2.34. The number of rotatable bonds is 11. The first-order valence-corrected chi connectivity index (χ1v) is 12.8. The fourth-order valence-electron chi connectivity index (χ4n) is 3.94. The maximum atomic E-state index is 13.2. The number of unbranched alkanes of at least 4 members (excludes halogenated alkanes) is 1. The standard InChI is InChI=1S/C24H32N2O6S.ClH/c1-2-3-6-20-8-7-19(18-25-20)5-4-15-32-21-9-11-22(12-10-21)33(29,30)24(23(27)26-28)13-16-31-17-14-24;/h7-12,18,28H,2-6,13-17H2,1H3,(H,26,27);1H. The Morgan fingerprint density at radius 1 is 1.12 bits per heavy atom. The molecule has 1 amide bonds. The van der Waals surface area contributed by atoms with Crippen molar-refractivity contribution >= 4 is 28.2 Å². The lowest BCUT2D eigenvalue weighted by Crippen LogP contribution is -2.54. The van der Waals surface area contributed by atoms with Crippen LogP contribution in [0.15, 0.2) is 47.5 Å². The Kier molecular flexibility index (Phi) is 10.8. The molecule has 0 bridgehead atoms. The summed E-state index contributed by atoms with van der Waals surface area (Å²) in [6.45, 7) is 2.91. The zero-order chi connectivity index (χ0) is 23.7. The molecule has 1 aromatic carbocycles. The predicted octanol–water partition coefficient (Wildman–Crippen LogP) is 3.69. The first kappa shape index (κ1) is 28.0. The molecule has 3 rings (SSSR count). The smallest absolute Gasteiger partial charge is 0.265 e. The van der Waals surface area contributed by atoms with Crippen LogP contribution in [-0.4, -0.2) is 49.1 Å². The Morgan fingerprint density at radius 2 is 1.82 bits per heavy atom. The van der Waals surface area contributed by atoms with E-state index in [2.05, 4.69) is 24.0 Å². The SMILES string of the molecule is CCCCc1ccc(CCCOc2ccc(S(=O)(=O)C3(C(=O)NO)CCOCC3)cc2)cn1.Cl. The third kappa shape index (κ3) is 6.47. The molecule has 0 radical (unpaired) electrons. The predicted molar refractivity (Wildman–Crippen MR) is 130 cm³/mol. The van der Waals surface area contributed by atoms with Crippen molar-refractivity contribution in [2.75, 3.05) is 19.8 Å². The lowest BCUT2D eigenvalue weighted by atomic mass is 9.98. The van der Waals surface area contributed by atoms with E-state index in [0.29, 0.717) is 12.4 Å². The molecule has 1 aliphatic heterocycles. The van der Waals surface area contributed by atoms with Gasteiger partial charge in [-0.25, -0.2) is 13.9 Å². The quantitative estimate of drug-likeness (QED) is 0.268. The average Bonchev–Trinajstić information content (AvgIpc) is 2.86. The molecule has 0 unspecified atom stereocenters. The van der Waals surface area contributed by atoms with Crippen molar-refractivity contribution in [2.45, 2.75) is 61.5 Å². The van der Waals surface area contributed by atoms with Crippen molar-refractivity contribution in [1.29, 1.82) is 0 Å². The number of benzene rings is 1. The number of aromatic nitrogens is 1. The van der Waals surface area contributed by atoms with E-state index >= 15 is 0 Å². The minimum atomic E-state index is -4.04. The largest absolute Gasteiger partial charge is 0.494 e. The van der Waals surface area contributed by atoms with E-state index in [4.69, 9.17) is 14.7 Å². The Bertz CT molecular complexity index is 1010. The molecule has 1 saturated heterocycles. The van der Waals surface area contributed by atoms with Crippen LogP contribution in [0.3, 0.4) is 0 Å². The highest BCUT2D eigenvalue weighted by atomic mass is 35.5. The molecule has 0 spiro atoms. The zero-order valence-corrected chi connectivity index (χ0v) is 21.0. The van der Waals surface area contributed by atoms with Gasteiger partial charge in [-0.05, 0) is 74.4 Å². The average molecular weight is 513 g/mol. The minimum absolute atomic E-state index is 0. The van der Waals surface area contributed by atoms with Gasteiger partial charge in [-0.2, -0.15) is 0 Å². The van der Waals surface area contributed by atoms with Crippen LogP contribution in [0.5, 0.6) is 5.75 Å². The molecule has 10 heteroatoms. The van der Waals surface area contributed by atoms with E-state index in [1.54, 1.807) is 12.1 Å². The van der Waals surface area contributed by atoms with E-state index in [9.17, 15) is 13.2 Å². The second-order valence-electron chi connectivity index (χ2n) is 8.24. The number of carbonyl (C=O) groups is 1. The Morgan fingerprint density at radius 3 is 2.41 bits per heavy atom. The number of hydrogen-bond acceptors (Lipinski definition) is 7. The number of halogens is 1. The number of amides is 1. The molecule has 34 heavy (non-hydrogen) atoms. The summed E-state index contributed by atoms with van der Waals surface area (Å²) < 4.78 is 35.7. The van der Waals surface area contributed by atoms with Gasteiger partial charge in [0.1, 0.15) is 5.75 Å². The molecule has 2 N–H and O–H groups in total. The highest BCUT2D eigenvalue weighted by molar-refractivity contribution is 7.93. The third-order valence-corrected chi connectivity index (χ3v) is 8.53. The molecule has 1 aromatic heterocycles. The van der Waals surface area contributed by atoms with E-state index in [-0.39, 0.29) is 43.4 Å². The Balaban J connectivity index is 0.00000408. The van der Waals surface area contributed by atoms with Crippen molar-refractivity contribution < 1.29 is 27.9 Å². The molecule has 1 aliphatic rings. The van der Waals surface area contributed by atoms with Crippen LogP contribution in [0.1, 0.15) is 50.3 Å². The van der Waals surface area contributed by atoms with Crippen molar-refractivity contribution in [1.82, 2.24) is 10.5 Å². The number of nitrogens with zero attached hydrogens (tertiary/aromatic N) is 1. The monoisotopic (exact) mass is 512 g/mol. The summed E-state index contributed by atoms with van der Waals surface area (Å²) in [6.07, 6.45) is 6.82. The minimum Gasteiger partial charge on any atom is -0.494 e. The number of aryl methyl sites for hydroxylation is 2. The Hall–Kier alpha value is -2.20. The molecule has 188 valence electrons. The zero-order valence-electron chi connectivity index (χ0n) is 19.4. The highest BCUT2D eigenvalue weighted by Gasteiger charge is 2.52. The van der Waals surface area contributed by atoms with Crippen LogP contribution in [0.4, 0.5) is 0 Å². The van der Waals surface area contributed by atoms with Crippen LogP contribution in [0, 0.1) is 0 Å². The van der Waals surface area contributed by atoms with Crippen LogP contribution >= 0.6 is 12.4 Å². The van der Waals surface area contributed by atoms with Gasteiger partial charge in [0, 0.05) is 25.1 Å². The first-order chi connectivity index (χ1) is 15.9. The van der Waals surface area contributed by atoms with Crippen molar-refractivity contribution in [3.05, 3.63) is 53.9 Å². The third-order valence-electron chi connectivity index (χ3n) is 6.02. The van der Waals surface area contributed by atoms with Crippen molar-refractivity contribution in [2.24, 2.45) is 0 Å². The van der Waals surface area contributed by atoms with E-state index < -0.39 is 20.5 Å². The number of sulfone groups is 1. The number of pyridine rings is 1. The molecular formula is C24H33ClN2O6S. The van der Waals surface area contributed by atoms with Crippen LogP contribution < -0.4 is 10.2 Å². The number of hydroxylamine groups is 1. The second-order valence-corrected chi connectivity index (χ2v) is 10.5. The van der Waals surface area contributed by atoms with Gasteiger partial charge in [-0.15, -0.1) is 12.4 Å². The van der Waals surface area contributed by atoms with E-state index in [1.165, 1.54) is 17.6 Å². The maximum Gasteiger partial charge on any atom is 0.265 e. The summed E-state index contributed by atoms with van der Waals surface area (Å²) in [6, 6.07) is 10.2. The van der Waals surface area contributed by atoms with Gasteiger partial charge in [-0.3, -0.25) is 15.0 Å². The van der Waals surface area contributed by atoms with Crippen molar-refractivity contribution in [3.63, 3.8) is 0 Å². The molecule has 8 nitrogen and oxygen atoms in total. The van der Waals surface area contributed by atoms with Gasteiger partial charge in [0.15, 0.2) is 14.6 Å². The van der Waals surface area contributed by atoms with E-state index in [1.807, 2.05) is 6.20 Å². The number of hydrogen-bond donors (Lipinski definition) is 2. The summed E-state index contributed by atoms with van der Waals surface area (Å²) in [7, 11) is -4.04. The summed E-state index contributed by atoms with van der Waals surface area (Å²) in [5, 5.41) is 9.13. The number of ether oxygens (including phenoxy) is 2. The second kappa shape index (κ2) is 13.0. The van der Waals surface area contributed by atoms with Crippen LogP contribution in [0.2, 0.25) is 0 Å². The fraction of sp³-hybridized carbons (Fsp3) is 0.500. The van der Waals surface area contributed by atoms with Gasteiger partial charge in [0.2, 0.25) is 0 Å². The molecule has 2 aromatic rings. The normalized spacial score (nSPS) is 15.2. The van der Waals surface area contributed by atoms with E-state index in [0.717, 1.165) is 43.4 Å². The van der Waals surface area contributed by atoms with Crippen molar-refractivity contribution in [3.8, 4) is 5.75 Å². The van der Waals surface area contributed by atoms with Gasteiger partial charge < -0.3 is 9.47 Å². The number of nitrogens with one attached hydrogen (secondary N) is 1. The summed E-state index contributed by atoms with van der Waals surface area (Å²) in [5.41, 5.74) is 3.79. The first-order valence-electron chi connectivity index (χ1n) is 11.4. The molecule has 0 atom stereocenters. The highest BCUT2D eigenvalue weighted by Crippen LogP contribution is 2.35. The Labute approximate surface area is 207 Å². The lowest BCUT2D eigenvalue weighted by molar-refractivity contribution is -0.134. The number of carbonyl (C=O) groups excluding carboxylic acids is 1. The molecular weight excluding hydrogens is 480 g/mol. The van der Waals surface area contributed by atoms with Gasteiger partial charge >= 0.3 is 0 Å². The summed E-state index contributed by atoms with van der Waals surface area (Å²) >= 11 is 0. The topological polar surface area (TPSA) is 115 Å². The summed E-state index contributed by atoms with van der Waals surface area (Å²) in [5.74, 6) is -0.381. The van der Waals surface area contributed by atoms with Crippen LogP contribution in [-0.2, 0) is 32.2 Å². The molecule has 0 aliphatic carbocycles. The van der Waals surface area contributed by atoms with Gasteiger partial charge in [0.05, 0.1) is 11.5 Å². The maximum absolute atomic E-state index is 13.2. The van der Waals surface area contributed by atoms with Crippen LogP contribution in [0.25, 0.3) is 0 Å². The fourth-order valence-corrected chi connectivity index (χ4v) is 5.88.